The predicted molar refractivity (Wildman–Crippen MR) is 101 cm³/mol. The quantitative estimate of drug-likeness (QED) is 0.696. The van der Waals surface area contributed by atoms with Gasteiger partial charge in [-0.2, -0.15) is 0 Å². The fraction of sp³-hybridized carbons (Fsp3) is 0.190. The average molecular weight is 347 g/mol. The van der Waals surface area contributed by atoms with Crippen LogP contribution in [0.15, 0.2) is 60.7 Å². The molecule has 3 rings (SSSR count). The van der Waals surface area contributed by atoms with Crippen molar-refractivity contribution in [3.8, 4) is 0 Å². The number of pyridine rings is 1. The van der Waals surface area contributed by atoms with Gasteiger partial charge in [0.25, 0.3) is 5.91 Å². The van der Waals surface area contributed by atoms with E-state index >= 15 is 0 Å². The van der Waals surface area contributed by atoms with Gasteiger partial charge in [-0.3, -0.25) is 20.4 Å². The lowest BCUT2D eigenvalue weighted by molar-refractivity contribution is -0.121. The summed E-state index contributed by atoms with van der Waals surface area (Å²) >= 11 is 0. The maximum atomic E-state index is 12.1. The van der Waals surface area contributed by atoms with Crippen LogP contribution in [0.1, 0.15) is 35.0 Å². The molecule has 132 valence electrons. The molecule has 0 aliphatic rings. The number of carbonyl (C=O) groups is 2. The Labute approximate surface area is 152 Å². The maximum Gasteiger partial charge on any atom is 0.288 e. The van der Waals surface area contributed by atoms with Gasteiger partial charge < -0.3 is 0 Å². The highest BCUT2D eigenvalue weighted by atomic mass is 16.2. The Morgan fingerprint density at radius 1 is 0.885 bits per heavy atom. The van der Waals surface area contributed by atoms with E-state index in [1.54, 1.807) is 6.07 Å². The van der Waals surface area contributed by atoms with Crippen molar-refractivity contribution in [2.75, 3.05) is 0 Å². The largest absolute Gasteiger partial charge is 0.288 e. The van der Waals surface area contributed by atoms with Crippen molar-refractivity contribution >= 4 is 22.7 Å². The molecule has 0 aliphatic heterocycles. The third kappa shape index (κ3) is 4.45. The lowest BCUT2D eigenvalue weighted by Gasteiger charge is -2.08. The Morgan fingerprint density at radius 2 is 1.62 bits per heavy atom. The van der Waals surface area contributed by atoms with Crippen LogP contribution in [0.5, 0.6) is 0 Å². The van der Waals surface area contributed by atoms with E-state index in [2.05, 4.69) is 34.9 Å². The number of benzene rings is 2. The third-order valence-electron chi connectivity index (χ3n) is 4.22. The summed E-state index contributed by atoms with van der Waals surface area (Å²) in [7, 11) is 0. The molecule has 0 atom stereocenters. The monoisotopic (exact) mass is 347 g/mol. The molecule has 0 spiro atoms. The number of rotatable bonds is 5. The summed E-state index contributed by atoms with van der Waals surface area (Å²) in [5.74, 6) is -0.671. The van der Waals surface area contributed by atoms with Gasteiger partial charge in [0.1, 0.15) is 5.69 Å². The van der Waals surface area contributed by atoms with Gasteiger partial charge in [-0.05, 0) is 36.1 Å². The summed E-state index contributed by atoms with van der Waals surface area (Å²) in [6.45, 7) is 2.11. The molecule has 1 aromatic heterocycles. The SMILES string of the molecule is CCc1ccc(CCC(=O)NNC(=O)c2ccc3ccccc3n2)cc1. The molecule has 0 saturated heterocycles. The van der Waals surface area contributed by atoms with Crippen LogP contribution in [0.25, 0.3) is 10.9 Å². The standard InChI is InChI=1S/C21H21N3O2/c1-2-15-7-9-16(10-8-15)11-14-20(25)23-24-21(26)19-13-12-17-5-3-4-6-18(17)22-19/h3-10,12-13H,2,11,14H2,1H3,(H,23,25)(H,24,26). The lowest BCUT2D eigenvalue weighted by Crippen LogP contribution is -2.42. The second-order valence-corrected chi connectivity index (χ2v) is 6.06. The summed E-state index contributed by atoms with van der Waals surface area (Å²) in [6, 6.07) is 19.2. The molecule has 0 unspecified atom stereocenters. The molecule has 1 heterocycles. The minimum Gasteiger partial charge on any atom is -0.273 e. The number of nitrogens with one attached hydrogen (secondary N) is 2. The molecule has 26 heavy (non-hydrogen) atoms. The Balaban J connectivity index is 1.50. The van der Waals surface area contributed by atoms with Gasteiger partial charge in [0.05, 0.1) is 5.52 Å². The van der Waals surface area contributed by atoms with E-state index in [1.807, 2.05) is 42.5 Å². The van der Waals surface area contributed by atoms with E-state index in [0.29, 0.717) is 12.8 Å². The van der Waals surface area contributed by atoms with Gasteiger partial charge in [-0.1, -0.05) is 55.5 Å². The fourth-order valence-corrected chi connectivity index (χ4v) is 2.65. The highest BCUT2D eigenvalue weighted by Gasteiger charge is 2.09. The first-order chi connectivity index (χ1) is 12.7. The van der Waals surface area contributed by atoms with E-state index in [4.69, 9.17) is 0 Å². The minimum absolute atomic E-state index is 0.237. The van der Waals surface area contributed by atoms with Crippen LogP contribution in [0.3, 0.4) is 0 Å². The number of carbonyl (C=O) groups excluding carboxylic acids is 2. The molecule has 3 aromatic rings. The number of hydrogen-bond acceptors (Lipinski definition) is 3. The number of amides is 2. The number of nitrogens with zero attached hydrogens (tertiary/aromatic N) is 1. The lowest BCUT2D eigenvalue weighted by atomic mass is 10.1. The molecule has 0 saturated carbocycles. The molecule has 5 heteroatoms. The Bertz CT molecular complexity index is 920. The second-order valence-electron chi connectivity index (χ2n) is 6.06. The first-order valence-electron chi connectivity index (χ1n) is 8.68. The van der Waals surface area contributed by atoms with Gasteiger partial charge in [0, 0.05) is 11.8 Å². The van der Waals surface area contributed by atoms with Crippen LogP contribution in [0.4, 0.5) is 0 Å². The predicted octanol–water partition coefficient (Wildman–Crippen LogP) is 3.19. The number of aryl methyl sites for hydroxylation is 2. The summed E-state index contributed by atoms with van der Waals surface area (Å²) in [4.78, 5) is 28.4. The summed E-state index contributed by atoms with van der Waals surface area (Å²) in [5, 5.41) is 0.960. The van der Waals surface area contributed by atoms with Gasteiger partial charge in [-0.25, -0.2) is 4.98 Å². The van der Waals surface area contributed by atoms with Crippen molar-refractivity contribution in [2.45, 2.75) is 26.2 Å². The van der Waals surface area contributed by atoms with E-state index in [9.17, 15) is 9.59 Å². The van der Waals surface area contributed by atoms with E-state index in [-0.39, 0.29) is 11.6 Å². The minimum atomic E-state index is -0.434. The fourth-order valence-electron chi connectivity index (χ4n) is 2.65. The summed E-state index contributed by atoms with van der Waals surface area (Å²) in [6.07, 6.45) is 1.92. The Kier molecular flexibility index (Phi) is 5.59. The van der Waals surface area contributed by atoms with Crippen LogP contribution >= 0.6 is 0 Å². The van der Waals surface area contributed by atoms with Crippen molar-refractivity contribution in [1.82, 2.24) is 15.8 Å². The molecule has 0 aliphatic carbocycles. The first kappa shape index (κ1) is 17.6. The van der Waals surface area contributed by atoms with Crippen LogP contribution < -0.4 is 10.9 Å². The first-order valence-corrected chi connectivity index (χ1v) is 8.68. The zero-order chi connectivity index (χ0) is 18.4. The maximum absolute atomic E-state index is 12.1. The van der Waals surface area contributed by atoms with Gasteiger partial charge in [-0.15, -0.1) is 0 Å². The highest BCUT2D eigenvalue weighted by molar-refractivity contribution is 5.95. The van der Waals surface area contributed by atoms with E-state index in [1.165, 1.54) is 5.56 Å². The van der Waals surface area contributed by atoms with Crippen LogP contribution in [-0.2, 0) is 17.6 Å². The zero-order valence-electron chi connectivity index (χ0n) is 14.7. The Morgan fingerprint density at radius 3 is 2.38 bits per heavy atom. The van der Waals surface area contributed by atoms with Crippen molar-refractivity contribution in [1.29, 1.82) is 0 Å². The van der Waals surface area contributed by atoms with Crippen molar-refractivity contribution < 1.29 is 9.59 Å². The second kappa shape index (κ2) is 8.25. The average Bonchev–Trinajstić information content (AvgIpc) is 2.70. The topological polar surface area (TPSA) is 71.1 Å². The third-order valence-corrected chi connectivity index (χ3v) is 4.22. The molecule has 0 bridgehead atoms. The van der Waals surface area contributed by atoms with Crippen molar-refractivity contribution in [2.24, 2.45) is 0 Å². The normalized spacial score (nSPS) is 10.5. The van der Waals surface area contributed by atoms with E-state index < -0.39 is 5.91 Å². The van der Waals surface area contributed by atoms with Crippen molar-refractivity contribution in [3.05, 3.63) is 77.5 Å². The smallest absolute Gasteiger partial charge is 0.273 e. The highest BCUT2D eigenvalue weighted by Crippen LogP contribution is 2.11. The summed E-state index contributed by atoms with van der Waals surface area (Å²) < 4.78 is 0. The molecular weight excluding hydrogens is 326 g/mol. The number of hydrogen-bond donors (Lipinski definition) is 2. The molecule has 2 amide bonds. The van der Waals surface area contributed by atoms with Crippen molar-refractivity contribution in [3.63, 3.8) is 0 Å². The number of para-hydroxylation sites is 1. The number of fused-ring (bicyclic) bond motifs is 1. The van der Waals surface area contributed by atoms with Crippen LogP contribution in [0, 0.1) is 0 Å². The molecule has 2 aromatic carbocycles. The van der Waals surface area contributed by atoms with Gasteiger partial charge >= 0.3 is 0 Å². The molecule has 2 N–H and O–H groups in total. The Hall–Kier alpha value is -3.21. The van der Waals surface area contributed by atoms with Crippen LogP contribution in [0.2, 0.25) is 0 Å². The number of aromatic nitrogens is 1. The summed E-state index contributed by atoms with van der Waals surface area (Å²) in [5.41, 5.74) is 8.23. The van der Waals surface area contributed by atoms with Gasteiger partial charge in [0.15, 0.2) is 0 Å². The van der Waals surface area contributed by atoms with Gasteiger partial charge in [0.2, 0.25) is 5.91 Å². The van der Waals surface area contributed by atoms with Crippen LogP contribution in [-0.4, -0.2) is 16.8 Å². The zero-order valence-corrected chi connectivity index (χ0v) is 14.7. The molecule has 0 radical (unpaired) electrons. The molecule has 0 fully saturated rings. The molecule has 5 nitrogen and oxygen atoms in total. The number of hydrazine groups is 1. The van der Waals surface area contributed by atoms with E-state index in [0.717, 1.165) is 22.9 Å². The molecular formula is C21H21N3O2.